The van der Waals surface area contributed by atoms with Gasteiger partial charge in [0, 0.05) is 0 Å². The van der Waals surface area contributed by atoms with E-state index in [2.05, 4.69) is 19.1 Å². The fourth-order valence-electron chi connectivity index (χ4n) is 3.49. The maximum Gasteiger partial charge on any atom is 0.203 e. The monoisotopic (exact) mass is 306 g/mol. The molecule has 0 atom stereocenters. The Morgan fingerprint density at radius 3 is 2.00 bits per heavy atom. The average molecular weight is 306 g/mol. The van der Waals surface area contributed by atoms with Crippen LogP contribution in [0, 0.1) is 11.8 Å². The van der Waals surface area contributed by atoms with Crippen LogP contribution in [0.25, 0.3) is 0 Å². The molecule has 124 valence electrons. The zero-order chi connectivity index (χ0) is 15.9. The van der Waals surface area contributed by atoms with Gasteiger partial charge in [-0.25, -0.2) is 0 Å². The van der Waals surface area contributed by atoms with Gasteiger partial charge in [0.15, 0.2) is 11.5 Å². The minimum Gasteiger partial charge on any atom is -0.493 e. The van der Waals surface area contributed by atoms with E-state index in [9.17, 15) is 0 Å². The molecule has 0 radical (unpaired) electrons. The van der Waals surface area contributed by atoms with E-state index in [1.807, 2.05) is 0 Å². The molecule has 1 aliphatic carbocycles. The molecular formula is C19H30O3. The predicted molar refractivity (Wildman–Crippen MR) is 90.2 cm³/mol. The van der Waals surface area contributed by atoms with Crippen molar-refractivity contribution in [3.05, 3.63) is 17.7 Å². The lowest BCUT2D eigenvalue weighted by atomic mass is 9.80. The Hall–Kier alpha value is -1.38. The fraction of sp³-hybridized carbons (Fsp3) is 0.684. The third-order valence-electron chi connectivity index (χ3n) is 4.94. The Balaban J connectivity index is 1.92. The standard InChI is InChI=1S/C19H30O3/c1-14-8-10-15(11-9-14)6-5-7-16-12-17(20-2)19(22-4)18(13-16)21-3/h12-15H,5-11H2,1-4H3. The van der Waals surface area contributed by atoms with Gasteiger partial charge in [-0.1, -0.05) is 39.0 Å². The molecule has 3 heteroatoms. The van der Waals surface area contributed by atoms with Crippen LogP contribution in [-0.4, -0.2) is 21.3 Å². The molecule has 0 saturated heterocycles. The van der Waals surface area contributed by atoms with E-state index in [-0.39, 0.29) is 0 Å². The van der Waals surface area contributed by atoms with Gasteiger partial charge in [0.25, 0.3) is 0 Å². The Labute approximate surface area is 135 Å². The van der Waals surface area contributed by atoms with Crippen LogP contribution >= 0.6 is 0 Å². The second-order valence-corrected chi connectivity index (χ2v) is 6.55. The highest BCUT2D eigenvalue weighted by Crippen LogP contribution is 2.39. The Kier molecular flexibility index (Phi) is 6.41. The number of rotatable bonds is 7. The third kappa shape index (κ3) is 4.31. The first-order valence-electron chi connectivity index (χ1n) is 8.46. The van der Waals surface area contributed by atoms with Gasteiger partial charge >= 0.3 is 0 Å². The first-order chi connectivity index (χ1) is 10.7. The van der Waals surface area contributed by atoms with Crippen LogP contribution in [0.2, 0.25) is 0 Å². The van der Waals surface area contributed by atoms with E-state index in [0.717, 1.165) is 29.8 Å². The summed E-state index contributed by atoms with van der Waals surface area (Å²) < 4.78 is 16.2. The normalized spacial score (nSPS) is 21.5. The van der Waals surface area contributed by atoms with Crippen LogP contribution in [-0.2, 0) is 6.42 Å². The van der Waals surface area contributed by atoms with Crippen molar-refractivity contribution in [3.63, 3.8) is 0 Å². The number of ether oxygens (including phenoxy) is 3. The number of benzene rings is 1. The summed E-state index contributed by atoms with van der Waals surface area (Å²) in [5.74, 6) is 4.05. The number of aryl methyl sites for hydroxylation is 1. The summed E-state index contributed by atoms with van der Waals surface area (Å²) in [5.41, 5.74) is 1.26. The first-order valence-corrected chi connectivity index (χ1v) is 8.46. The molecule has 1 aromatic rings. The number of hydrogen-bond donors (Lipinski definition) is 0. The van der Waals surface area contributed by atoms with Crippen molar-refractivity contribution in [1.29, 1.82) is 0 Å². The Morgan fingerprint density at radius 1 is 0.909 bits per heavy atom. The molecule has 22 heavy (non-hydrogen) atoms. The van der Waals surface area contributed by atoms with Gasteiger partial charge in [-0.3, -0.25) is 0 Å². The molecule has 0 heterocycles. The van der Waals surface area contributed by atoms with Crippen LogP contribution in [0.4, 0.5) is 0 Å². The number of hydrogen-bond acceptors (Lipinski definition) is 3. The second-order valence-electron chi connectivity index (χ2n) is 6.55. The van der Waals surface area contributed by atoms with Crippen LogP contribution < -0.4 is 14.2 Å². The van der Waals surface area contributed by atoms with Crippen LogP contribution in [0.15, 0.2) is 12.1 Å². The van der Waals surface area contributed by atoms with Crippen molar-refractivity contribution in [2.45, 2.75) is 51.9 Å². The molecule has 0 spiro atoms. The summed E-state index contributed by atoms with van der Waals surface area (Å²) in [6.07, 6.45) is 9.29. The van der Waals surface area contributed by atoms with Gasteiger partial charge < -0.3 is 14.2 Å². The molecule has 1 saturated carbocycles. The highest BCUT2D eigenvalue weighted by molar-refractivity contribution is 5.53. The molecule has 0 unspecified atom stereocenters. The van der Waals surface area contributed by atoms with Crippen molar-refractivity contribution in [2.75, 3.05) is 21.3 Å². The maximum absolute atomic E-state index is 5.42. The largest absolute Gasteiger partial charge is 0.493 e. The molecule has 0 bridgehead atoms. The summed E-state index contributed by atoms with van der Waals surface area (Å²) in [5, 5.41) is 0. The maximum atomic E-state index is 5.42. The van der Waals surface area contributed by atoms with Gasteiger partial charge in [-0.05, 0) is 42.4 Å². The zero-order valence-electron chi connectivity index (χ0n) is 14.5. The minimum atomic E-state index is 0.676. The van der Waals surface area contributed by atoms with Gasteiger partial charge in [0.2, 0.25) is 5.75 Å². The second kappa shape index (κ2) is 8.30. The van der Waals surface area contributed by atoms with Gasteiger partial charge in [-0.15, -0.1) is 0 Å². The fourth-order valence-corrected chi connectivity index (χ4v) is 3.49. The Morgan fingerprint density at radius 2 is 1.50 bits per heavy atom. The van der Waals surface area contributed by atoms with Crippen molar-refractivity contribution in [3.8, 4) is 17.2 Å². The molecule has 1 fully saturated rings. The Bertz CT molecular complexity index is 437. The summed E-state index contributed by atoms with van der Waals surface area (Å²) in [7, 11) is 4.98. The molecule has 0 N–H and O–H groups in total. The van der Waals surface area contributed by atoms with Crippen LogP contribution in [0.1, 0.15) is 51.0 Å². The summed E-state index contributed by atoms with van der Waals surface area (Å²) in [6, 6.07) is 4.15. The molecule has 1 aromatic carbocycles. The number of methoxy groups -OCH3 is 3. The predicted octanol–water partition coefficient (Wildman–Crippen LogP) is 4.86. The summed E-state index contributed by atoms with van der Waals surface area (Å²) in [4.78, 5) is 0. The van der Waals surface area contributed by atoms with Crippen molar-refractivity contribution >= 4 is 0 Å². The van der Waals surface area contributed by atoms with E-state index < -0.39 is 0 Å². The summed E-state index contributed by atoms with van der Waals surface area (Å²) in [6.45, 7) is 2.38. The topological polar surface area (TPSA) is 27.7 Å². The SMILES string of the molecule is COc1cc(CCCC2CCC(C)CC2)cc(OC)c1OC. The highest BCUT2D eigenvalue weighted by atomic mass is 16.5. The van der Waals surface area contributed by atoms with E-state index in [4.69, 9.17) is 14.2 Å². The third-order valence-corrected chi connectivity index (χ3v) is 4.94. The molecule has 0 aromatic heterocycles. The van der Waals surface area contributed by atoms with Crippen LogP contribution in [0.3, 0.4) is 0 Å². The van der Waals surface area contributed by atoms with Crippen molar-refractivity contribution in [1.82, 2.24) is 0 Å². The van der Waals surface area contributed by atoms with Gasteiger partial charge in [0.1, 0.15) is 0 Å². The quantitative estimate of drug-likeness (QED) is 0.720. The molecule has 2 rings (SSSR count). The summed E-state index contributed by atoms with van der Waals surface area (Å²) >= 11 is 0. The van der Waals surface area contributed by atoms with Gasteiger partial charge in [0.05, 0.1) is 21.3 Å². The molecule has 0 aliphatic heterocycles. The smallest absolute Gasteiger partial charge is 0.203 e. The van der Waals surface area contributed by atoms with Gasteiger partial charge in [-0.2, -0.15) is 0 Å². The first kappa shape index (κ1) is 17.0. The lowest BCUT2D eigenvalue weighted by molar-refractivity contribution is 0.273. The van der Waals surface area contributed by atoms with E-state index in [0.29, 0.717) is 5.75 Å². The van der Waals surface area contributed by atoms with E-state index >= 15 is 0 Å². The lowest BCUT2D eigenvalue weighted by Crippen LogP contribution is -2.12. The van der Waals surface area contributed by atoms with Crippen molar-refractivity contribution in [2.24, 2.45) is 11.8 Å². The molecule has 3 nitrogen and oxygen atoms in total. The average Bonchev–Trinajstić information content (AvgIpc) is 2.55. The lowest BCUT2D eigenvalue weighted by Gasteiger charge is -2.26. The molecular weight excluding hydrogens is 276 g/mol. The van der Waals surface area contributed by atoms with E-state index in [1.165, 1.54) is 44.1 Å². The van der Waals surface area contributed by atoms with Crippen molar-refractivity contribution < 1.29 is 14.2 Å². The molecule has 1 aliphatic rings. The van der Waals surface area contributed by atoms with Crippen LogP contribution in [0.5, 0.6) is 17.2 Å². The minimum absolute atomic E-state index is 0.676. The van der Waals surface area contributed by atoms with E-state index in [1.54, 1.807) is 21.3 Å². The zero-order valence-corrected chi connectivity index (χ0v) is 14.5. The molecule has 0 amide bonds. The highest BCUT2D eigenvalue weighted by Gasteiger charge is 2.18.